The summed E-state index contributed by atoms with van der Waals surface area (Å²) >= 11 is 1.67. The van der Waals surface area contributed by atoms with Crippen LogP contribution >= 0.6 is 11.8 Å². The fourth-order valence-corrected chi connectivity index (χ4v) is 4.42. The zero-order valence-electron chi connectivity index (χ0n) is 11.8. The van der Waals surface area contributed by atoms with E-state index in [0.29, 0.717) is 5.75 Å². The molecule has 1 heterocycles. The fourth-order valence-electron chi connectivity index (χ4n) is 3.11. The van der Waals surface area contributed by atoms with Gasteiger partial charge in [-0.2, -0.15) is 0 Å². The average molecular weight is 309 g/mol. The molecule has 1 saturated heterocycles. The fraction of sp³-hybridized carbons (Fsp3) is 0.167. The van der Waals surface area contributed by atoms with Crippen molar-refractivity contribution < 1.29 is 9.90 Å². The quantitative estimate of drug-likeness (QED) is 0.707. The molecular formula is C18H15NO2S. The van der Waals surface area contributed by atoms with Crippen molar-refractivity contribution in [2.75, 3.05) is 5.75 Å². The second kappa shape index (κ2) is 5.30. The van der Waals surface area contributed by atoms with Crippen LogP contribution in [0.5, 0.6) is 0 Å². The van der Waals surface area contributed by atoms with E-state index in [1.54, 1.807) is 11.8 Å². The minimum absolute atomic E-state index is 0.0112. The maximum atomic E-state index is 11.2. The molecule has 1 aliphatic heterocycles. The standard InChI is InChI=1S/C18H15NO2S/c20-18(21)15-10-22-17(19-15)16-13-7-3-1-5-11(13)9-12-6-2-4-8-14(12)16/h1-9,15,17,19H,10H2,(H,20,21)/t15-,17-/m0/s1. The van der Waals surface area contributed by atoms with Crippen LogP contribution in [0.15, 0.2) is 54.6 Å². The van der Waals surface area contributed by atoms with Gasteiger partial charge in [0.15, 0.2) is 0 Å². The van der Waals surface area contributed by atoms with Crippen LogP contribution < -0.4 is 5.32 Å². The van der Waals surface area contributed by atoms with Crippen molar-refractivity contribution in [1.82, 2.24) is 5.32 Å². The Bertz CT molecular complexity index is 823. The lowest BCUT2D eigenvalue weighted by Gasteiger charge is -2.17. The van der Waals surface area contributed by atoms with Gasteiger partial charge in [-0.05, 0) is 33.2 Å². The van der Waals surface area contributed by atoms with Crippen molar-refractivity contribution in [2.45, 2.75) is 11.4 Å². The van der Waals surface area contributed by atoms with E-state index >= 15 is 0 Å². The number of rotatable bonds is 2. The lowest BCUT2D eigenvalue weighted by Crippen LogP contribution is -2.33. The zero-order chi connectivity index (χ0) is 15.1. The predicted octanol–water partition coefficient (Wildman–Crippen LogP) is 3.78. The second-order valence-electron chi connectivity index (χ2n) is 5.50. The number of thioether (sulfide) groups is 1. The van der Waals surface area contributed by atoms with Crippen molar-refractivity contribution in [2.24, 2.45) is 0 Å². The maximum Gasteiger partial charge on any atom is 0.321 e. The number of aliphatic carboxylic acids is 1. The summed E-state index contributed by atoms with van der Waals surface area (Å²) < 4.78 is 0. The molecule has 4 heteroatoms. The van der Waals surface area contributed by atoms with Crippen molar-refractivity contribution in [1.29, 1.82) is 0 Å². The molecule has 2 atom stereocenters. The van der Waals surface area contributed by atoms with Gasteiger partial charge in [0, 0.05) is 5.75 Å². The highest BCUT2D eigenvalue weighted by atomic mass is 32.2. The van der Waals surface area contributed by atoms with Crippen LogP contribution in [0.1, 0.15) is 10.9 Å². The van der Waals surface area contributed by atoms with Crippen LogP contribution in [0, 0.1) is 0 Å². The molecular weight excluding hydrogens is 294 g/mol. The van der Waals surface area contributed by atoms with Crippen LogP contribution in [0.4, 0.5) is 0 Å². The highest BCUT2D eigenvalue weighted by Crippen LogP contribution is 2.40. The van der Waals surface area contributed by atoms with Gasteiger partial charge in [-0.25, -0.2) is 0 Å². The number of carboxylic acids is 1. The summed E-state index contributed by atoms with van der Waals surface area (Å²) in [6.07, 6.45) is 0. The Morgan fingerprint density at radius 1 is 1.05 bits per heavy atom. The zero-order valence-corrected chi connectivity index (χ0v) is 12.6. The van der Waals surface area contributed by atoms with E-state index in [9.17, 15) is 9.90 Å². The van der Waals surface area contributed by atoms with Gasteiger partial charge in [0.05, 0.1) is 5.37 Å². The van der Waals surface area contributed by atoms with Gasteiger partial charge in [0.2, 0.25) is 0 Å². The van der Waals surface area contributed by atoms with Crippen molar-refractivity contribution in [3.63, 3.8) is 0 Å². The lowest BCUT2D eigenvalue weighted by molar-refractivity contribution is -0.138. The molecule has 0 bridgehead atoms. The molecule has 0 saturated carbocycles. The summed E-state index contributed by atoms with van der Waals surface area (Å²) in [4.78, 5) is 11.2. The largest absolute Gasteiger partial charge is 0.480 e. The van der Waals surface area contributed by atoms with Gasteiger partial charge in [0.25, 0.3) is 0 Å². The molecule has 3 aromatic rings. The van der Waals surface area contributed by atoms with Crippen molar-refractivity contribution in [3.05, 3.63) is 60.2 Å². The lowest BCUT2D eigenvalue weighted by atomic mass is 9.96. The van der Waals surface area contributed by atoms with E-state index in [0.717, 1.165) is 0 Å². The molecule has 0 spiro atoms. The number of carboxylic acid groups (broad SMARTS) is 1. The minimum Gasteiger partial charge on any atom is -0.480 e. The topological polar surface area (TPSA) is 49.3 Å². The highest BCUT2D eigenvalue weighted by Gasteiger charge is 2.32. The Hall–Kier alpha value is -2.04. The number of carbonyl (C=O) groups is 1. The molecule has 2 N–H and O–H groups in total. The number of fused-ring (bicyclic) bond motifs is 2. The first-order valence-corrected chi connectivity index (χ1v) is 8.30. The molecule has 110 valence electrons. The molecule has 1 fully saturated rings. The van der Waals surface area contributed by atoms with E-state index in [1.165, 1.54) is 27.1 Å². The Labute approximate surface area is 132 Å². The normalized spacial score (nSPS) is 21.5. The van der Waals surface area contributed by atoms with Gasteiger partial charge in [-0.3, -0.25) is 10.1 Å². The summed E-state index contributed by atoms with van der Waals surface area (Å²) in [6.45, 7) is 0. The smallest absolute Gasteiger partial charge is 0.321 e. The number of benzene rings is 3. The maximum absolute atomic E-state index is 11.2. The first kappa shape index (κ1) is 13.6. The summed E-state index contributed by atoms with van der Waals surface area (Å²) in [6, 6.07) is 18.3. The minimum atomic E-state index is -0.778. The molecule has 0 aromatic heterocycles. The van der Waals surface area contributed by atoms with Crippen LogP contribution in [0.3, 0.4) is 0 Å². The Kier molecular flexibility index (Phi) is 3.28. The third-order valence-electron chi connectivity index (χ3n) is 4.16. The molecule has 3 aromatic carbocycles. The molecule has 0 amide bonds. The average Bonchev–Trinajstić information content (AvgIpc) is 3.02. The Morgan fingerprint density at radius 2 is 1.64 bits per heavy atom. The van der Waals surface area contributed by atoms with Gasteiger partial charge < -0.3 is 5.11 Å². The van der Waals surface area contributed by atoms with Crippen LogP contribution in [0.2, 0.25) is 0 Å². The van der Waals surface area contributed by atoms with Gasteiger partial charge in [0.1, 0.15) is 6.04 Å². The first-order chi connectivity index (χ1) is 10.7. The molecule has 1 aliphatic rings. The van der Waals surface area contributed by atoms with Crippen molar-refractivity contribution >= 4 is 39.3 Å². The monoisotopic (exact) mass is 309 g/mol. The summed E-state index contributed by atoms with van der Waals surface area (Å²) in [5.41, 5.74) is 1.20. The third kappa shape index (κ3) is 2.16. The summed E-state index contributed by atoms with van der Waals surface area (Å²) in [7, 11) is 0. The highest BCUT2D eigenvalue weighted by molar-refractivity contribution is 7.99. The Balaban J connectivity index is 1.95. The molecule has 0 aliphatic carbocycles. The van der Waals surface area contributed by atoms with E-state index in [-0.39, 0.29) is 5.37 Å². The molecule has 4 rings (SSSR count). The van der Waals surface area contributed by atoms with Crippen LogP contribution in [0.25, 0.3) is 21.5 Å². The van der Waals surface area contributed by atoms with Gasteiger partial charge >= 0.3 is 5.97 Å². The Morgan fingerprint density at radius 3 is 2.18 bits per heavy atom. The van der Waals surface area contributed by atoms with E-state index in [4.69, 9.17) is 0 Å². The third-order valence-corrected chi connectivity index (χ3v) is 5.39. The SMILES string of the molecule is O=C(O)[C@@H]1CS[C@@H](c2c3ccccc3cc3ccccc23)N1. The number of nitrogens with one attached hydrogen (secondary N) is 1. The number of hydrogen-bond donors (Lipinski definition) is 2. The van der Waals surface area contributed by atoms with Gasteiger partial charge in [-0.1, -0.05) is 48.5 Å². The van der Waals surface area contributed by atoms with Crippen molar-refractivity contribution in [3.8, 4) is 0 Å². The summed E-state index contributed by atoms with van der Waals surface area (Å²) in [5, 5.41) is 17.3. The van der Waals surface area contributed by atoms with Crippen LogP contribution in [-0.4, -0.2) is 22.9 Å². The van der Waals surface area contributed by atoms with E-state index < -0.39 is 12.0 Å². The molecule has 3 nitrogen and oxygen atoms in total. The number of hydrogen-bond acceptors (Lipinski definition) is 3. The van der Waals surface area contributed by atoms with E-state index in [1.807, 2.05) is 24.3 Å². The molecule has 0 radical (unpaired) electrons. The molecule has 0 unspecified atom stereocenters. The van der Waals surface area contributed by atoms with Gasteiger partial charge in [-0.15, -0.1) is 11.8 Å². The van der Waals surface area contributed by atoms with E-state index in [2.05, 4.69) is 35.6 Å². The molecule has 22 heavy (non-hydrogen) atoms. The van der Waals surface area contributed by atoms with Crippen LogP contribution in [-0.2, 0) is 4.79 Å². The second-order valence-corrected chi connectivity index (χ2v) is 6.64. The predicted molar refractivity (Wildman–Crippen MR) is 91.2 cm³/mol. The first-order valence-electron chi connectivity index (χ1n) is 7.25. The summed E-state index contributed by atoms with van der Waals surface area (Å²) in [5.74, 6) is -0.183.